The van der Waals surface area contributed by atoms with E-state index in [1.165, 1.54) is 0 Å². The van der Waals surface area contributed by atoms with Gasteiger partial charge in [0.25, 0.3) is 5.91 Å². The number of carbonyl (C=O) groups is 1. The maximum absolute atomic E-state index is 12.7. The average molecular weight is 399 g/mol. The molecule has 3 aromatic rings. The number of nitrogens with zero attached hydrogens (tertiary/aromatic N) is 1. The molecular weight excluding hydrogens is 376 g/mol. The molecule has 0 unspecified atom stereocenters. The van der Waals surface area contributed by atoms with Crippen molar-refractivity contribution in [2.75, 3.05) is 11.9 Å². The summed E-state index contributed by atoms with van der Waals surface area (Å²) in [7, 11) is 0. The Hall–Kier alpha value is -2.79. The molecule has 1 aromatic heterocycles. The lowest BCUT2D eigenvalue weighted by Crippen LogP contribution is -2.30. The van der Waals surface area contributed by atoms with Gasteiger partial charge in [0.2, 0.25) is 0 Å². The highest BCUT2D eigenvalue weighted by molar-refractivity contribution is 6.31. The van der Waals surface area contributed by atoms with Crippen molar-refractivity contribution < 1.29 is 14.3 Å². The number of fused-ring (bicyclic) bond motifs is 1. The zero-order valence-electron chi connectivity index (χ0n) is 16.2. The molecule has 1 N–H and O–H groups in total. The summed E-state index contributed by atoms with van der Waals surface area (Å²) in [5.74, 6) is 1.05. The SMILES string of the molecule is CCCOc1ccc(NC(=O)[C@@H](C)Oc2ccc(Cl)c(C)c2)c2cccnc12. The quantitative estimate of drug-likeness (QED) is 0.579. The first-order chi connectivity index (χ1) is 13.5. The number of halogens is 1. The van der Waals surface area contributed by atoms with Crippen molar-refractivity contribution in [1.82, 2.24) is 4.98 Å². The first-order valence-corrected chi connectivity index (χ1v) is 9.61. The van der Waals surface area contributed by atoms with Gasteiger partial charge in [-0.15, -0.1) is 0 Å². The molecule has 0 saturated heterocycles. The number of pyridine rings is 1. The van der Waals surface area contributed by atoms with E-state index in [-0.39, 0.29) is 5.91 Å². The van der Waals surface area contributed by atoms with Gasteiger partial charge in [0.05, 0.1) is 12.3 Å². The Kier molecular flexibility index (Phi) is 6.37. The minimum atomic E-state index is -0.677. The fourth-order valence-electron chi connectivity index (χ4n) is 2.77. The third-order valence-corrected chi connectivity index (χ3v) is 4.69. The van der Waals surface area contributed by atoms with Gasteiger partial charge in [0.1, 0.15) is 17.0 Å². The van der Waals surface area contributed by atoms with Crippen molar-refractivity contribution in [1.29, 1.82) is 0 Å². The van der Waals surface area contributed by atoms with Crippen molar-refractivity contribution in [2.24, 2.45) is 0 Å². The van der Waals surface area contributed by atoms with E-state index >= 15 is 0 Å². The molecule has 0 spiro atoms. The molecule has 3 rings (SSSR count). The van der Waals surface area contributed by atoms with Crippen LogP contribution in [-0.4, -0.2) is 23.6 Å². The van der Waals surface area contributed by atoms with E-state index in [4.69, 9.17) is 21.1 Å². The second-order valence-electron chi connectivity index (χ2n) is 6.52. The van der Waals surface area contributed by atoms with Gasteiger partial charge in [-0.1, -0.05) is 18.5 Å². The summed E-state index contributed by atoms with van der Waals surface area (Å²) in [6.07, 6.45) is 1.94. The highest BCUT2D eigenvalue weighted by Gasteiger charge is 2.17. The summed E-state index contributed by atoms with van der Waals surface area (Å²) in [6.45, 7) is 6.26. The Morgan fingerprint density at radius 2 is 2.07 bits per heavy atom. The minimum absolute atomic E-state index is 0.250. The molecule has 0 aliphatic rings. The zero-order valence-corrected chi connectivity index (χ0v) is 16.9. The number of nitrogens with one attached hydrogen (secondary N) is 1. The van der Waals surface area contributed by atoms with E-state index in [0.717, 1.165) is 22.9 Å². The molecular formula is C22H23ClN2O3. The molecule has 1 atom stereocenters. The van der Waals surface area contributed by atoms with Gasteiger partial charge in [-0.2, -0.15) is 0 Å². The van der Waals surface area contributed by atoms with E-state index in [0.29, 0.717) is 28.8 Å². The lowest BCUT2D eigenvalue weighted by molar-refractivity contribution is -0.122. The second kappa shape index (κ2) is 8.93. The fourth-order valence-corrected chi connectivity index (χ4v) is 2.88. The number of hydrogen-bond acceptors (Lipinski definition) is 4. The van der Waals surface area contributed by atoms with Crippen LogP contribution in [0, 0.1) is 6.92 Å². The van der Waals surface area contributed by atoms with Crippen LogP contribution in [0.25, 0.3) is 10.9 Å². The molecule has 5 nitrogen and oxygen atoms in total. The van der Waals surface area contributed by atoms with Crippen LogP contribution in [0.3, 0.4) is 0 Å². The zero-order chi connectivity index (χ0) is 20.1. The number of amides is 1. The van der Waals surface area contributed by atoms with E-state index in [1.807, 2.05) is 44.2 Å². The molecule has 1 amide bonds. The maximum Gasteiger partial charge on any atom is 0.265 e. The first-order valence-electron chi connectivity index (χ1n) is 9.23. The van der Waals surface area contributed by atoms with Crippen LogP contribution in [0.4, 0.5) is 5.69 Å². The summed E-state index contributed by atoms with van der Waals surface area (Å²) in [4.78, 5) is 17.1. The van der Waals surface area contributed by atoms with Gasteiger partial charge in [0.15, 0.2) is 6.10 Å². The average Bonchev–Trinajstić information content (AvgIpc) is 2.70. The predicted octanol–water partition coefficient (Wildman–Crippen LogP) is 5.39. The lowest BCUT2D eigenvalue weighted by atomic mass is 10.1. The third kappa shape index (κ3) is 4.54. The molecule has 28 heavy (non-hydrogen) atoms. The van der Waals surface area contributed by atoms with Gasteiger partial charge < -0.3 is 14.8 Å². The summed E-state index contributed by atoms with van der Waals surface area (Å²) in [6, 6.07) is 12.7. The van der Waals surface area contributed by atoms with Crippen molar-refractivity contribution in [2.45, 2.75) is 33.3 Å². The molecule has 6 heteroatoms. The molecule has 2 aromatic carbocycles. The normalized spacial score (nSPS) is 11.9. The largest absolute Gasteiger partial charge is 0.491 e. The Bertz CT molecular complexity index is 991. The van der Waals surface area contributed by atoms with Crippen LogP contribution in [0.5, 0.6) is 11.5 Å². The van der Waals surface area contributed by atoms with Gasteiger partial charge in [-0.25, -0.2) is 0 Å². The smallest absolute Gasteiger partial charge is 0.265 e. The van der Waals surface area contributed by atoms with Crippen LogP contribution < -0.4 is 14.8 Å². The van der Waals surface area contributed by atoms with Crippen molar-refractivity contribution in [3.05, 3.63) is 59.2 Å². The number of rotatable bonds is 7. The highest BCUT2D eigenvalue weighted by atomic mass is 35.5. The van der Waals surface area contributed by atoms with E-state index in [1.54, 1.807) is 25.3 Å². The van der Waals surface area contributed by atoms with Crippen LogP contribution in [0.1, 0.15) is 25.8 Å². The summed E-state index contributed by atoms with van der Waals surface area (Å²) in [5.41, 5.74) is 2.28. The lowest BCUT2D eigenvalue weighted by Gasteiger charge is -2.17. The summed E-state index contributed by atoms with van der Waals surface area (Å²) < 4.78 is 11.5. The Balaban J connectivity index is 1.77. The molecule has 0 aliphatic heterocycles. The van der Waals surface area contributed by atoms with Crippen molar-refractivity contribution >= 4 is 34.1 Å². The fraction of sp³-hybridized carbons (Fsp3) is 0.273. The third-order valence-electron chi connectivity index (χ3n) is 4.26. The number of benzene rings is 2. The molecule has 1 heterocycles. The molecule has 0 fully saturated rings. The Morgan fingerprint density at radius 3 is 2.82 bits per heavy atom. The highest BCUT2D eigenvalue weighted by Crippen LogP contribution is 2.30. The van der Waals surface area contributed by atoms with Crippen molar-refractivity contribution in [3.8, 4) is 11.5 Å². The number of carbonyl (C=O) groups excluding carboxylic acids is 1. The summed E-state index contributed by atoms with van der Waals surface area (Å²) in [5, 5.41) is 4.41. The van der Waals surface area contributed by atoms with Gasteiger partial charge in [0, 0.05) is 16.6 Å². The number of hydrogen-bond donors (Lipinski definition) is 1. The van der Waals surface area contributed by atoms with Crippen LogP contribution >= 0.6 is 11.6 Å². The van der Waals surface area contributed by atoms with Gasteiger partial charge >= 0.3 is 0 Å². The number of aryl methyl sites for hydroxylation is 1. The van der Waals surface area contributed by atoms with Gasteiger partial charge in [-0.05, 0) is 68.3 Å². The molecule has 146 valence electrons. The van der Waals surface area contributed by atoms with E-state index < -0.39 is 6.10 Å². The van der Waals surface area contributed by atoms with Crippen LogP contribution in [0.2, 0.25) is 5.02 Å². The van der Waals surface area contributed by atoms with Crippen LogP contribution in [0.15, 0.2) is 48.7 Å². The monoisotopic (exact) mass is 398 g/mol. The van der Waals surface area contributed by atoms with E-state index in [2.05, 4.69) is 10.3 Å². The molecule has 0 aliphatic carbocycles. The number of ether oxygens (including phenoxy) is 2. The molecule has 0 bridgehead atoms. The van der Waals surface area contributed by atoms with Gasteiger partial charge in [-0.3, -0.25) is 9.78 Å². The first kappa shape index (κ1) is 20.0. The topological polar surface area (TPSA) is 60.5 Å². The maximum atomic E-state index is 12.7. The van der Waals surface area contributed by atoms with E-state index in [9.17, 15) is 4.79 Å². The van der Waals surface area contributed by atoms with Crippen LogP contribution in [-0.2, 0) is 4.79 Å². The number of anilines is 1. The second-order valence-corrected chi connectivity index (χ2v) is 6.93. The summed E-state index contributed by atoms with van der Waals surface area (Å²) >= 11 is 6.04. The number of aromatic nitrogens is 1. The Labute approximate surface area is 169 Å². The minimum Gasteiger partial charge on any atom is -0.491 e. The molecule has 0 saturated carbocycles. The Morgan fingerprint density at radius 1 is 1.25 bits per heavy atom. The van der Waals surface area contributed by atoms with Crippen molar-refractivity contribution in [3.63, 3.8) is 0 Å². The molecule has 0 radical (unpaired) electrons. The standard InChI is InChI=1S/C22H23ClN2O3/c1-4-12-27-20-10-9-19(17-6-5-11-24-21(17)20)25-22(26)15(3)28-16-7-8-18(23)14(2)13-16/h5-11,13,15H,4,12H2,1-3H3,(H,25,26)/t15-/m1/s1. The predicted molar refractivity (Wildman–Crippen MR) is 112 cm³/mol.